The lowest BCUT2D eigenvalue weighted by molar-refractivity contribution is 0.959. The van der Waals surface area contributed by atoms with Crippen LogP contribution in [0, 0.1) is 0 Å². The lowest BCUT2D eigenvalue weighted by Crippen LogP contribution is -2.03. The smallest absolute Gasteiger partial charge is 0.130 e. The highest BCUT2D eigenvalue weighted by Gasteiger charge is 1.99. The van der Waals surface area contributed by atoms with Crippen LogP contribution in [0.4, 0.5) is 0 Å². The van der Waals surface area contributed by atoms with Crippen molar-refractivity contribution >= 4 is 23.2 Å². The van der Waals surface area contributed by atoms with E-state index in [1.165, 1.54) is 0 Å². The van der Waals surface area contributed by atoms with Crippen LogP contribution in [0.15, 0.2) is 12.3 Å². The van der Waals surface area contributed by atoms with Crippen LogP contribution >= 0.6 is 23.2 Å². The Labute approximate surface area is 75.3 Å². The Kier molecular flexibility index (Phi) is 3.12. The molecule has 0 saturated heterocycles. The monoisotopic (exact) mass is 190 g/mol. The molecule has 1 aromatic rings. The third kappa shape index (κ3) is 2.33. The number of nitrogens with two attached hydrogens (primary N) is 1. The second kappa shape index (κ2) is 3.90. The summed E-state index contributed by atoms with van der Waals surface area (Å²) in [5.74, 6) is 0. The van der Waals surface area contributed by atoms with Crippen LogP contribution in [0.5, 0.6) is 0 Å². The molecule has 2 nitrogen and oxygen atoms in total. The number of hydrogen-bond donors (Lipinski definition) is 1. The molecular formula is C7H8Cl2N2. The van der Waals surface area contributed by atoms with Crippen molar-refractivity contribution in [1.82, 2.24) is 4.98 Å². The van der Waals surface area contributed by atoms with E-state index in [1.54, 1.807) is 12.3 Å². The van der Waals surface area contributed by atoms with Gasteiger partial charge in [0.25, 0.3) is 0 Å². The van der Waals surface area contributed by atoms with Gasteiger partial charge in [-0.15, -0.1) is 0 Å². The minimum Gasteiger partial charge on any atom is -0.330 e. The highest BCUT2D eigenvalue weighted by atomic mass is 35.5. The van der Waals surface area contributed by atoms with Crippen LogP contribution in [0.2, 0.25) is 10.2 Å². The van der Waals surface area contributed by atoms with E-state index < -0.39 is 0 Å². The van der Waals surface area contributed by atoms with Gasteiger partial charge in [0.1, 0.15) is 5.15 Å². The van der Waals surface area contributed by atoms with Crippen molar-refractivity contribution in [3.8, 4) is 0 Å². The summed E-state index contributed by atoms with van der Waals surface area (Å²) in [7, 11) is 0. The first-order valence-electron chi connectivity index (χ1n) is 3.24. The maximum Gasteiger partial charge on any atom is 0.130 e. The van der Waals surface area contributed by atoms with E-state index in [9.17, 15) is 0 Å². The summed E-state index contributed by atoms with van der Waals surface area (Å²) >= 11 is 11.4. The van der Waals surface area contributed by atoms with Crippen molar-refractivity contribution in [3.05, 3.63) is 28.0 Å². The molecule has 0 unspecified atom stereocenters. The Bertz CT molecular complexity index is 250. The highest BCUT2D eigenvalue weighted by molar-refractivity contribution is 6.34. The number of aromatic nitrogens is 1. The summed E-state index contributed by atoms with van der Waals surface area (Å²) in [4.78, 5) is 3.88. The maximum atomic E-state index is 5.83. The number of pyridine rings is 1. The van der Waals surface area contributed by atoms with E-state index in [4.69, 9.17) is 28.9 Å². The average Bonchev–Trinajstić information content (AvgIpc) is 1.95. The maximum absolute atomic E-state index is 5.83. The molecule has 11 heavy (non-hydrogen) atoms. The van der Waals surface area contributed by atoms with Crippen LogP contribution < -0.4 is 5.73 Å². The molecule has 0 amide bonds. The van der Waals surface area contributed by atoms with Gasteiger partial charge in [-0.1, -0.05) is 23.2 Å². The number of nitrogens with zero attached hydrogens (tertiary/aromatic N) is 1. The summed E-state index contributed by atoms with van der Waals surface area (Å²) < 4.78 is 0. The molecule has 4 heteroatoms. The summed E-state index contributed by atoms with van der Waals surface area (Å²) in [6, 6.07) is 1.62. The molecule has 60 valence electrons. The predicted molar refractivity (Wildman–Crippen MR) is 47.0 cm³/mol. The standard InChI is InChI=1S/C7H8Cl2N2/c8-6-3-7(9)11-4-5(6)1-2-10/h3-4H,1-2,10H2. The first-order chi connectivity index (χ1) is 5.24. The van der Waals surface area contributed by atoms with E-state index in [0.717, 1.165) is 12.0 Å². The Hall–Kier alpha value is -0.310. The Morgan fingerprint density at radius 1 is 1.45 bits per heavy atom. The topological polar surface area (TPSA) is 38.9 Å². The van der Waals surface area contributed by atoms with Gasteiger partial charge in [0.15, 0.2) is 0 Å². The van der Waals surface area contributed by atoms with Crippen molar-refractivity contribution < 1.29 is 0 Å². The van der Waals surface area contributed by atoms with Gasteiger partial charge in [0.2, 0.25) is 0 Å². The molecule has 0 aromatic carbocycles. The fourth-order valence-electron chi connectivity index (χ4n) is 0.775. The van der Waals surface area contributed by atoms with Crippen molar-refractivity contribution in [3.63, 3.8) is 0 Å². The molecule has 1 heterocycles. The quantitative estimate of drug-likeness (QED) is 0.725. The van der Waals surface area contributed by atoms with Gasteiger partial charge in [0.05, 0.1) is 0 Å². The molecule has 1 aromatic heterocycles. The highest BCUT2D eigenvalue weighted by Crippen LogP contribution is 2.18. The summed E-state index contributed by atoms with van der Waals surface area (Å²) in [6.45, 7) is 0.572. The first kappa shape index (κ1) is 8.78. The third-order valence-corrected chi connectivity index (χ3v) is 1.87. The van der Waals surface area contributed by atoms with Gasteiger partial charge in [-0.05, 0) is 24.6 Å². The van der Waals surface area contributed by atoms with Crippen molar-refractivity contribution in [1.29, 1.82) is 0 Å². The predicted octanol–water partition coefficient (Wildman–Crippen LogP) is 1.89. The molecule has 2 N–H and O–H groups in total. The van der Waals surface area contributed by atoms with Gasteiger partial charge in [0, 0.05) is 11.2 Å². The zero-order valence-corrected chi connectivity index (χ0v) is 7.36. The lowest BCUT2D eigenvalue weighted by atomic mass is 10.2. The van der Waals surface area contributed by atoms with Gasteiger partial charge < -0.3 is 5.73 Å². The molecule has 0 spiro atoms. The van der Waals surface area contributed by atoms with Crippen molar-refractivity contribution in [2.45, 2.75) is 6.42 Å². The van der Waals surface area contributed by atoms with E-state index in [2.05, 4.69) is 4.98 Å². The lowest BCUT2D eigenvalue weighted by Gasteiger charge is -2.00. The van der Waals surface area contributed by atoms with Gasteiger partial charge >= 0.3 is 0 Å². The molecule has 1 rings (SSSR count). The second-order valence-electron chi connectivity index (χ2n) is 2.14. The fraction of sp³-hybridized carbons (Fsp3) is 0.286. The van der Waals surface area contributed by atoms with Crippen LogP contribution in [0.3, 0.4) is 0 Å². The number of halogens is 2. The van der Waals surface area contributed by atoms with Gasteiger partial charge in [-0.3, -0.25) is 0 Å². The van der Waals surface area contributed by atoms with E-state index >= 15 is 0 Å². The molecule has 0 saturated carbocycles. The van der Waals surface area contributed by atoms with Crippen LogP contribution in [0.25, 0.3) is 0 Å². The minimum atomic E-state index is 0.413. The molecule has 0 aliphatic carbocycles. The Balaban J connectivity index is 2.90. The fourth-order valence-corrected chi connectivity index (χ4v) is 1.24. The third-order valence-electron chi connectivity index (χ3n) is 1.31. The summed E-state index contributed by atoms with van der Waals surface area (Å²) in [5.41, 5.74) is 6.29. The van der Waals surface area contributed by atoms with Crippen LogP contribution in [0.1, 0.15) is 5.56 Å². The number of hydrogen-bond acceptors (Lipinski definition) is 2. The van der Waals surface area contributed by atoms with Crippen molar-refractivity contribution in [2.75, 3.05) is 6.54 Å². The molecule has 0 bridgehead atoms. The molecule has 0 aliphatic rings. The average molecular weight is 191 g/mol. The zero-order chi connectivity index (χ0) is 8.27. The molecule has 0 fully saturated rings. The van der Waals surface area contributed by atoms with Crippen molar-refractivity contribution in [2.24, 2.45) is 5.73 Å². The Morgan fingerprint density at radius 3 is 2.73 bits per heavy atom. The van der Waals surface area contributed by atoms with E-state index in [-0.39, 0.29) is 0 Å². The molecular weight excluding hydrogens is 183 g/mol. The van der Waals surface area contributed by atoms with E-state index in [0.29, 0.717) is 16.7 Å². The normalized spacial score (nSPS) is 10.1. The zero-order valence-electron chi connectivity index (χ0n) is 5.85. The minimum absolute atomic E-state index is 0.413. The van der Waals surface area contributed by atoms with Crippen LogP contribution in [-0.2, 0) is 6.42 Å². The second-order valence-corrected chi connectivity index (χ2v) is 2.93. The molecule has 0 atom stereocenters. The summed E-state index contributed by atoms with van der Waals surface area (Å²) in [5, 5.41) is 1.05. The first-order valence-corrected chi connectivity index (χ1v) is 3.99. The molecule has 0 radical (unpaired) electrons. The van der Waals surface area contributed by atoms with Gasteiger partial charge in [-0.25, -0.2) is 4.98 Å². The summed E-state index contributed by atoms with van der Waals surface area (Å²) in [6.07, 6.45) is 2.39. The van der Waals surface area contributed by atoms with Gasteiger partial charge in [-0.2, -0.15) is 0 Å². The Morgan fingerprint density at radius 2 is 2.18 bits per heavy atom. The molecule has 0 aliphatic heterocycles. The number of rotatable bonds is 2. The van der Waals surface area contributed by atoms with E-state index in [1.807, 2.05) is 0 Å². The van der Waals surface area contributed by atoms with Crippen LogP contribution in [-0.4, -0.2) is 11.5 Å². The largest absolute Gasteiger partial charge is 0.330 e. The SMILES string of the molecule is NCCc1cnc(Cl)cc1Cl.